The van der Waals surface area contributed by atoms with Crippen molar-refractivity contribution in [2.24, 2.45) is 0 Å². The SMILES string of the molecule is COc1cc(C2NC(=O)NC(C)=C2C(=O)OC(C)(C)C)cc(Br)c1O. The number of halogens is 1. The van der Waals surface area contributed by atoms with Gasteiger partial charge in [-0.15, -0.1) is 0 Å². The van der Waals surface area contributed by atoms with Crippen molar-refractivity contribution >= 4 is 27.9 Å². The third-order valence-electron chi connectivity index (χ3n) is 3.49. The molecule has 0 aliphatic carbocycles. The van der Waals surface area contributed by atoms with Crippen molar-refractivity contribution in [2.75, 3.05) is 7.11 Å². The number of phenolic OH excluding ortho intramolecular Hbond substituents is 1. The minimum atomic E-state index is -0.741. The lowest BCUT2D eigenvalue weighted by molar-refractivity contribution is -0.150. The predicted molar refractivity (Wildman–Crippen MR) is 95.3 cm³/mol. The van der Waals surface area contributed by atoms with Gasteiger partial charge in [0.1, 0.15) is 5.60 Å². The number of esters is 1. The minimum Gasteiger partial charge on any atom is -0.503 e. The molecule has 8 heteroatoms. The summed E-state index contributed by atoms with van der Waals surface area (Å²) in [6.45, 7) is 6.94. The maximum atomic E-state index is 12.7. The Bertz CT molecular complexity index is 752. The van der Waals surface area contributed by atoms with Gasteiger partial charge < -0.3 is 25.2 Å². The summed E-state index contributed by atoms with van der Waals surface area (Å²) in [5.74, 6) is -0.380. The lowest BCUT2D eigenvalue weighted by Crippen LogP contribution is -2.46. The average Bonchev–Trinajstić information content (AvgIpc) is 2.47. The molecule has 0 aromatic heterocycles. The van der Waals surface area contributed by atoms with Crippen LogP contribution in [0.4, 0.5) is 4.79 Å². The number of carbonyl (C=O) groups is 2. The number of methoxy groups -OCH3 is 1. The van der Waals surface area contributed by atoms with E-state index in [4.69, 9.17) is 9.47 Å². The molecule has 0 saturated carbocycles. The average molecular weight is 413 g/mol. The second kappa shape index (κ2) is 6.95. The first-order valence-corrected chi connectivity index (χ1v) is 8.41. The fourth-order valence-electron chi connectivity index (χ4n) is 2.46. The molecule has 25 heavy (non-hydrogen) atoms. The normalized spacial score (nSPS) is 17.7. The highest BCUT2D eigenvalue weighted by Crippen LogP contribution is 2.39. The number of phenols is 1. The predicted octanol–water partition coefficient (Wildman–Crippen LogP) is 3.13. The molecular weight excluding hydrogens is 392 g/mol. The van der Waals surface area contributed by atoms with Gasteiger partial charge in [-0.2, -0.15) is 0 Å². The molecule has 136 valence electrons. The third kappa shape index (κ3) is 4.25. The molecule has 0 spiro atoms. The lowest BCUT2D eigenvalue weighted by atomic mass is 9.95. The van der Waals surface area contributed by atoms with Crippen molar-refractivity contribution in [3.05, 3.63) is 33.4 Å². The molecule has 1 aliphatic heterocycles. The molecule has 0 saturated heterocycles. The van der Waals surface area contributed by atoms with Gasteiger partial charge in [0.2, 0.25) is 0 Å². The van der Waals surface area contributed by atoms with Crippen molar-refractivity contribution in [2.45, 2.75) is 39.3 Å². The van der Waals surface area contributed by atoms with Crippen molar-refractivity contribution in [1.82, 2.24) is 10.6 Å². The number of amides is 2. The van der Waals surface area contributed by atoms with Crippen LogP contribution in [0.2, 0.25) is 0 Å². The van der Waals surface area contributed by atoms with Crippen LogP contribution in [0, 0.1) is 0 Å². The van der Waals surface area contributed by atoms with E-state index in [1.165, 1.54) is 7.11 Å². The Morgan fingerprint density at radius 2 is 1.96 bits per heavy atom. The lowest BCUT2D eigenvalue weighted by Gasteiger charge is -2.30. The summed E-state index contributed by atoms with van der Waals surface area (Å²) in [7, 11) is 1.42. The summed E-state index contributed by atoms with van der Waals surface area (Å²) in [4.78, 5) is 24.6. The van der Waals surface area contributed by atoms with Crippen LogP contribution in [0.1, 0.15) is 39.3 Å². The van der Waals surface area contributed by atoms with E-state index in [1.54, 1.807) is 39.8 Å². The highest BCUT2D eigenvalue weighted by Gasteiger charge is 2.34. The quantitative estimate of drug-likeness (QED) is 0.662. The number of allylic oxidation sites excluding steroid dienone is 1. The summed E-state index contributed by atoms with van der Waals surface area (Å²) in [5.41, 5.74) is 0.584. The standard InChI is InChI=1S/C17H21BrN2O5/c1-8-12(15(22)25-17(2,3)4)13(20-16(23)19-8)9-6-10(18)14(21)11(7-9)24-5/h6-7,13,21H,1-5H3,(H2,19,20,23). The van der Waals surface area contributed by atoms with Gasteiger partial charge in [-0.1, -0.05) is 0 Å². The largest absolute Gasteiger partial charge is 0.503 e. The molecule has 0 bridgehead atoms. The highest BCUT2D eigenvalue weighted by molar-refractivity contribution is 9.10. The van der Waals surface area contributed by atoms with Crippen LogP contribution >= 0.6 is 15.9 Å². The Hall–Kier alpha value is -2.22. The van der Waals surface area contributed by atoms with Crippen molar-refractivity contribution in [3.63, 3.8) is 0 Å². The van der Waals surface area contributed by atoms with E-state index in [-0.39, 0.29) is 17.1 Å². The summed E-state index contributed by atoms with van der Waals surface area (Å²) in [5, 5.41) is 15.3. The van der Waals surface area contributed by atoms with Crippen LogP contribution in [0.5, 0.6) is 11.5 Å². The van der Waals surface area contributed by atoms with E-state index >= 15 is 0 Å². The van der Waals surface area contributed by atoms with E-state index in [0.29, 0.717) is 15.7 Å². The Labute approximate surface area is 154 Å². The molecule has 1 heterocycles. The summed E-state index contributed by atoms with van der Waals surface area (Å²) in [6, 6.07) is 2.01. The van der Waals surface area contributed by atoms with Gasteiger partial charge >= 0.3 is 12.0 Å². The number of urea groups is 1. The summed E-state index contributed by atoms with van der Waals surface area (Å²) < 4.78 is 11.0. The maximum Gasteiger partial charge on any atom is 0.338 e. The first-order chi connectivity index (χ1) is 11.5. The molecule has 0 radical (unpaired) electrons. The number of hydrogen-bond donors (Lipinski definition) is 3. The van der Waals surface area contributed by atoms with Crippen LogP contribution in [-0.2, 0) is 9.53 Å². The van der Waals surface area contributed by atoms with E-state index in [1.807, 2.05) is 0 Å². The van der Waals surface area contributed by atoms with E-state index in [9.17, 15) is 14.7 Å². The van der Waals surface area contributed by atoms with Crippen molar-refractivity contribution < 1.29 is 24.2 Å². The Morgan fingerprint density at radius 3 is 2.52 bits per heavy atom. The Balaban J connectivity index is 2.53. The Kier molecular flexibility index (Phi) is 5.31. The second-order valence-electron chi connectivity index (χ2n) is 6.63. The number of carbonyl (C=O) groups excluding carboxylic acids is 2. The fourth-order valence-corrected chi connectivity index (χ4v) is 2.92. The first-order valence-electron chi connectivity index (χ1n) is 7.61. The van der Waals surface area contributed by atoms with Gasteiger partial charge in [0.25, 0.3) is 0 Å². The molecular formula is C17H21BrN2O5. The van der Waals surface area contributed by atoms with Gasteiger partial charge in [-0.3, -0.25) is 0 Å². The van der Waals surface area contributed by atoms with Gasteiger partial charge in [-0.25, -0.2) is 9.59 Å². The zero-order valence-electron chi connectivity index (χ0n) is 14.7. The zero-order valence-corrected chi connectivity index (χ0v) is 16.3. The molecule has 3 N–H and O–H groups in total. The Morgan fingerprint density at radius 1 is 1.32 bits per heavy atom. The fraction of sp³-hybridized carbons (Fsp3) is 0.412. The molecule has 1 aliphatic rings. The second-order valence-corrected chi connectivity index (χ2v) is 7.48. The summed E-state index contributed by atoms with van der Waals surface area (Å²) in [6.07, 6.45) is 0. The van der Waals surface area contributed by atoms with Crippen LogP contribution in [0.3, 0.4) is 0 Å². The topological polar surface area (TPSA) is 96.9 Å². The highest BCUT2D eigenvalue weighted by atomic mass is 79.9. The van der Waals surface area contributed by atoms with Gasteiger partial charge in [0.05, 0.1) is 23.2 Å². The molecule has 1 unspecified atom stereocenters. The van der Waals surface area contributed by atoms with E-state index in [2.05, 4.69) is 26.6 Å². The maximum absolute atomic E-state index is 12.7. The van der Waals surface area contributed by atoms with Crippen LogP contribution in [0.15, 0.2) is 27.9 Å². The minimum absolute atomic E-state index is 0.0639. The molecule has 7 nitrogen and oxygen atoms in total. The molecule has 1 aromatic rings. The van der Waals surface area contributed by atoms with E-state index in [0.717, 1.165) is 0 Å². The number of hydrogen-bond acceptors (Lipinski definition) is 5. The zero-order chi connectivity index (χ0) is 18.9. The summed E-state index contributed by atoms with van der Waals surface area (Å²) >= 11 is 3.25. The number of nitrogens with one attached hydrogen (secondary N) is 2. The van der Waals surface area contributed by atoms with Crippen LogP contribution < -0.4 is 15.4 Å². The number of ether oxygens (including phenoxy) is 2. The van der Waals surface area contributed by atoms with Gasteiger partial charge in [0, 0.05) is 5.70 Å². The smallest absolute Gasteiger partial charge is 0.338 e. The number of benzene rings is 1. The monoisotopic (exact) mass is 412 g/mol. The van der Waals surface area contributed by atoms with E-state index < -0.39 is 23.6 Å². The molecule has 1 atom stereocenters. The molecule has 2 amide bonds. The number of rotatable bonds is 3. The van der Waals surface area contributed by atoms with Crippen molar-refractivity contribution in [1.29, 1.82) is 0 Å². The molecule has 0 fully saturated rings. The molecule has 1 aromatic carbocycles. The van der Waals surface area contributed by atoms with Crippen LogP contribution in [0.25, 0.3) is 0 Å². The first kappa shape index (κ1) is 19.1. The van der Waals surface area contributed by atoms with Gasteiger partial charge in [-0.05, 0) is 61.3 Å². The van der Waals surface area contributed by atoms with Crippen molar-refractivity contribution in [3.8, 4) is 11.5 Å². The van der Waals surface area contributed by atoms with Gasteiger partial charge in [0.15, 0.2) is 11.5 Å². The molecule has 2 rings (SSSR count). The third-order valence-corrected chi connectivity index (χ3v) is 4.10. The number of aromatic hydroxyl groups is 1. The van der Waals surface area contributed by atoms with Crippen LogP contribution in [-0.4, -0.2) is 29.8 Å².